The van der Waals surface area contributed by atoms with Crippen LogP contribution in [0, 0.1) is 5.92 Å². The third kappa shape index (κ3) is 2.46. The number of halogens is 1. The minimum absolute atomic E-state index is 0.698. The van der Waals surface area contributed by atoms with E-state index in [1.165, 1.54) is 31.5 Å². The highest BCUT2D eigenvalue weighted by Gasteiger charge is 2.34. The van der Waals surface area contributed by atoms with Crippen LogP contribution < -0.4 is 5.32 Å². The fourth-order valence-corrected chi connectivity index (χ4v) is 3.22. The van der Waals surface area contributed by atoms with Crippen LogP contribution in [0.2, 0.25) is 5.02 Å². The molecule has 17 heavy (non-hydrogen) atoms. The summed E-state index contributed by atoms with van der Waals surface area (Å²) >= 11 is 6.15. The van der Waals surface area contributed by atoms with Crippen molar-refractivity contribution in [2.45, 2.75) is 25.4 Å². The van der Waals surface area contributed by atoms with E-state index in [4.69, 9.17) is 11.6 Å². The topological polar surface area (TPSA) is 28.2 Å². The minimum Gasteiger partial charge on any atom is -0.312 e. The normalized spacial score (nSPS) is 29.2. The number of pyridine rings is 1. The number of piperidine rings is 1. The van der Waals surface area contributed by atoms with Gasteiger partial charge in [0, 0.05) is 38.1 Å². The summed E-state index contributed by atoms with van der Waals surface area (Å²) in [5, 5.41) is 4.41. The van der Waals surface area contributed by atoms with Crippen molar-refractivity contribution in [3.05, 3.63) is 29.0 Å². The average Bonchev–Trinajstić information content (AvgIpc) is 2.74. The fraction of sp³-hybridized carbons (Fsp3) is 0.615. The van der Waals surface area contributed by atoms with Crippen molar-refractivity contribution < 1.29 is 0 Å². The first-order valence-electron chi connectivity index (χ1n) is 6.37. The Kier molecular flexibility index (Phi) is 3.32. The van der Waals surface area contributed by atoms with Crippen LogP contribution >= 0.6 is 11.6 Å². The molecule has 1 aromatic heterocycles. The number of nitrogens with zero attached hydrogens (tertiary/aromatic N) is 2. The SMILES string of the molecule is Clc1cnccc1CN1C[C@@H]2CCCN[C@@H]2C1. The largest absolute Gasteiger partial charge is 0.312 e. The lowest BCUT2D eigenvalue weighted by atomic mass is 9.94. The summed E-state index contributed by atoms with van der Waals surface area (Å²) in [5.41, 5.74) is 1.19. The highest BCUT2D eigenvalue weighted by molar-refractivity contribution is 6.31. The molecule has 3 nitrogen and oxygen atoms in total. The van der Waals surface area contributed by atoms with Gasteiger partial charge < -0.3 is 5.32 Å². The molecule has 92 valence electrons. The second-order valence-electron chi connectivity index (χ2n) is 5.12. The van der Waals surface area contributed by atoms with E-state index in [0.717, 1.165) is 24.0 Å². The van der Waals surface area contributed by atoms with E-state index in [9.17, 15) is 0 Å². The standard InChI is InChI=1S/C13H18ClN3/c14-12-6-15-5-3-10(12)7-17-8-11-2-1-4-16-13(11)9-17/h3,5-6,11,13,16H,1-2,4,7-9H2/t11-,13+/m0/s1. The summed E-state index contributed by atoms with van der Waals surface area (Å²) in [7, 11) is 0. The maximum atomic E-state index is 6.15. The monoisotopic (exact) mass is 251 g/mol. The van der Waals surface area contributed by atoms with Crippen LogP contribution in [0.4, 0.5) is 0 Å². The number of hydrogen-bond donors (Lipinski definition) is 1. The quantitative estimate of drug-likeness (QED) is 0.871. The Labute approximate surface area is 107 Å². The summed E-state index contributed by atoms with van der Waals surface area (Å²) in [4.78, 5) is 6.54. The molecule has 2 atom stereocenters. The van der Waals surface area contributed by atoms with Crippen LogP contribution in [0.25, 0.3) is 0 Å². The Balaban J connectivity index is 1.65. The van der Waals surface area contributed by atoms with Crippen LogP contribution in [-0.2, 0) is 6.54 Å². The average molecular weight is 252 g/mol. The van der Waals surface area contributed by atoms with Gasteiger partial charge in [0.2, 0.25) is 0 Å². The fourth-order valence-electron chi connectivity index (χ4n) is 3.04. The van der Waals surface area contributed by atoms with Crippen molar-refractivity contribution in [2.75, 3.05) is 19.6 Å². The van der Waals surface area contributed by atoms with Crippen LogP contribution in [-0.4, -0.2) is 35.6 Å². The highest BCUT2D eigenvalue weighted by atomic mass is 35.5. The minimum atomic E-state index is 0.698. The molecule has 2 aliphatic heterocycles. The molecular weight excluding hydrogens is 234 g/mol. The summed E-state index contributed by atoms with van der Waals surface area (Å²) in [5.74, 6) is 0.837. The zero-order valence-corrected chi connectivity index (χ0v) is 10.7. The maximum absolute atomic E-state index is 6.15. The van der Waals surface area contributed by atoms with Gasteiger partial charge in [0.25, 0.3) is 0 Å². The first-order chi connectivity index (χ1) is 8.33. The number of rotatable bonds is 2. The number of aromatic nitrogens is 1. The Morgan fingerprint density at radius 2 is 2.41 bits per heavy atom. The van der Waals surface area contributed by atoms with Crippen molar-refractivity contribution in [2.24, 2.45) is 5.92 Å². The van der Waals surface area contributed by atoms with Gasteiger partial charge in [-0.2, -0.15) is 0 Å². The molecule has 1 N–H and O–H groups in total. The molecule has 0 saturated carbocycles. The summed E-state index contributed by atoms with van der Waals surface area (Å²) < 4.78 is 0. The maximum Gasteiger partial charge on any atom is 0.0634 e. The molecule has 4 heteroatoms. The number of hydrogen-bond acceptors (Lipinski definition) is 3. The second kappa shape index (κ2) is 4.92. The van der Waals surface area contributed by atoms with Crippen LogP contribution in [0.1, 0.15) is 18.4 Å². The molecule has 1 aromatic rings. The summed E-state index contributed by atoms with van der Waals surface area (Å²) in [6.07, 6.45) is 6.25. The van der Waals surface area contributed by atoms with E-state index in [2.05, 4.69) is 15.2 Å². The molecule has 0 bridgehead atoms. The van der Waals surface area contributed by atoms with Gasteiger partial charge in [0.15, 0.2) is 0 Å². The molecule has 0 aromatic carbocycles. The molecule has 0 amide bonds. The van der Waals surface area contributed by atoms with Crippen molar-refractivity contribution in [1.82, 2.24) is 15.2 Å². The van der Waals surface area contributed by atoms with E-state index < -0.39 is 0 Å². The van der Waals surface area contributed by atoms with Gasteiger partial charge in [-0.15, -0.1) is 0 Å². The second-order valence-corrected chi connectivity index (χ2v) is 5.53. The van der Waals surface area contributed by atoms with Gasteiger partial charge in [-0.05, 0) is 36.9 Å². The molecule has 3 rings (SSSR count). The lowest BCUT2D eigenvalue weighted by Crippen LogP contribution is -2.40. The first kappa shape index (κ1) is 11.5. The van der Waals surface area contributed by atoms with Crippen LogP contribution in [0.3, 0.4) is 0 Å². The third-order valence-electron chi connectivity index (χ3n) is 3.93. The molecule has 2 fully saturated rings. The van der Waals surface area contributed by atoms with Crippen LogP contribution in [0.5, 0.6) is 0 Å². The highest BCUT2D eigenvalue weighted by Crippen LogP contribution is 2.27. The Morgan fingerprint density at radius 1 is 1.47 bits per heavy atom. The Hall–Kier alpha value is -0.640. The van der Waals surface area contributed by atoms with Gasteiger partial charge in [0.1, 0.15) is 0 Å². The number of fused-ring (bicyclic) bond motifs is 1. The zero-order valence-electron chi connectivity index (χ0n) is 9.90. The van der Waals surface area contributed by atoms with E-state index in [1.807, 2.05) is 12.3 Å². The lowest BCUT2D eigenvalue weighted by Gasteiger charge is -2.24. The number of nitrogens with one attached hydrogen (secondary N) is 1. The van der Waals surface area contributed by atoms with Gasteiger partial charge in [-0.25, -0.2) is 0 Å². The molecule has 0 spiro atoms. The van der Waals surface area contributed by atoms with Crippen molar-refractivity contribution in [3.8, 4) is 0 Å². The van der Waals surface area contributed by atoms with E-state index in [-0.39, 0.29) is 0 Å². The molecule has 2 saturated heterocycles. The predicted molar refractivity (Wildman–Crippen MR) is 69.0 cm³/mol. The predicted octanol–water partition coefficient (Wildman–Crippen LogP) is 1.92. The molecule has 2 aliphatic rings. The molecule has 0 radical (unpaired) electrons. The smallest absolute Gasteiger partial charge is 0.0634 e. The van der Waals surface area contributed by atoms with Crippen molar-refractivity contribution in [1.29, 1.82) is 0 Å². The molecular formula is C13H18ClN3. The van der Waals surface area contributed by atoms with E-state index in [1.54, 1.807) is 6.20 Å². The number of likely N-dealkylation sites (tertiary alicyclic amines) is 1. The van der Waals surface area contributed by atoms with Crippen molar-refractivity contribution >= 4 is 11.6 Å². The first-order valence-corrected chi connectivity index (χ1v) is 6.75. The van der Waals surface area contributed by atoms with Gasteiger partial charge in [-0.1, -0.05) is 11.6 Å². The Bertz CT molecular complexity index is 382. The van der Waals surface area contributed by atoms with Crippen molar-refractivity contribution in [3.63, 3.8) is 0 Å². The van der Waals surface area contributed by atoms with E-state index in [0.29, 0.717) is 6.04 Å². The van der Waals surface area contributed by atoms with Gasteiger partial charge in [-0.3, -0.25) is 9.88 Å². The zero-order chi connectivity index (χ0) is 11.7. The lowest BCUT2D eigenvalue weighted by molar-refractivity contribution is 0.312. The summed E-state index contributed by atoms with van der Waals surface area (Å²) in [6.45, 7) is 4.50. The molecule has 0 aliphatic carbocycles. The van der Waals surface area contributed by atoms with E-state index >= 15 is 0 Å². The van der Waals surface area contributed by atoms with Gasteiger partial charge >= 0.3 is 0 Å². The third-order valence-corrected chi connectivity index (χ3v) is 4.27. The van der Waals surface area contributed by atoms with Gasteiger partial charge in [0.05, 0.1) is 5.02 Å². The molecule has 3 heterocycles. The molecule has 0 unspecified atom stereocenters. The van der Waals surface area contributed by atoms with Crippen LogP contribution in [0.15, 0.2) is 18.5 Å². The Morgan fingerprint density at radius 3 is 3.24 bits per heavy atom. The summed E-state index contributed by atoms with van der Waals surface area (Å²) in [6, 6.07) is 2.72.